The Hall–Kier alpha value is -1.71. The summed E-state index contributed by atoms with van der Waals surface area (Å²) in [7, 11) is -3.97. The van der Waals surface area contributed by atoms with Gasteiger partial charge in [0, 0.05) is 27.1 Å². The summed E-state index contributed by atoms with van der Waals surface area (Å²) in [5, 5.41) is 2.43. The van der Waals surface area contributed by atoms with Gasteiger partial charge in [-0.15, -0.1) is 0 Å². The summed E-state index contributed by atoms with van der Waals surface area (Å²) in [6.07, 6.45) is 0. The maximum absolute atomic E-state index is 11.9. The van der Waals surface area contributed by atoms with Gasteiger partial charge in [0.1, 0.15) is 10.6 Å². The second kappa shape index (κ2) is 8.79. The Morgan fingerprint density at radius 1 is 0.808 bits per heavy atom. The van der Waals surface area contributed by atoms with Crippen molar-refractivity contribution < 1.29 is 34.2 Å². The SMILES string of the molecule is COc1ccccc1P(c1ccccc1)c1ccccc1S(=O)(=O)O.[Ni]. The van der Waals surface area contributed by atoms with Gasteiger partial charge >= 0.3 is 0 Å². The Balaban J connectivity index is 0.00000243. The molecule has 138 valence electrons. The maximum atomic E-state index is 11.9. The molecule has 0 heterocycles. The molecule has 0 spiro atoms. The molecule has 1 unspecified atom stereocenters. The second-order valence-corrected chi connectivity index (χ2v) is 8.83. The fourth-order valence-corrected chi connectivity index (χ4v) is 6.30. The summed E-state index contributed by atoms with van der Waals surface area (Å²) in [4.78, 5) is -0.0733. The van der Waals surface area contributed by atoms with Gasteiger partial charge in [0.25, 0.3) is 10.1 Å². The van der Waals surface area contributed by atoms with E-state index in [1.54, 1.807) is 25.3 Å². The van der Waals surface area contributed by atoms with Crippen LogP contribution in [0.25, 0.3) is 0 Å². The summed E-state index contributed by atoms with van der Waals surface area (Å²) in [5.74, 6) is 0.683. The minimum atomic E-state index is -4.34. The maximum Gasteiger partial charge on any atom is 0.295 e. The Morgan fingerprint density at radius 2 is 1.35 bits per heavy atom. The van der Waals surface area contributed by atoms with Crippen molar-refractivity contribution in [2.45, 2.75) is 4.90 Å². The van der Waals surface area contributed by atoms with E-state index in [2.05, 4.69) is 0 Å². The largest absolute Gasteiger partial charge is 0.496 e. The van der Waals surface area contributed by atoms with Crippen LogP contribution in [0.3, 0.4) is 0 Å². The first-order valence-electron chi connectivity index (χ1n) is 7.57. The van der Waals surface area contributed by atoms with Gasteiger partial charge in [-0.05, 0) is 25.4 Å². The van der Waals surface area contributed by atoms with E-state index in [0.29, 0.717) is 11.1 Å². The van der Waals surface area contributed by atoms with Gasteiger partial charge in [-0.1, -0.05) is 66.7 Å². The van der Waals surface area contributed by atoms with E-state index in [1.165, 1.54) is 6.07 Å². The van der Waals surface area contributed by atoms with E-state index >= 15 is 0 Å². The monoisotopic (exact) mass is 430 g/mol. The summed E-state index contributed by atoms with van der Waals surface area (Å²) in [6.45, 7) is 0. The van der Waals surface area contributed by atoms with Gasteiger partial charge in [-0.2, -0.15) is 8.42 Å². The molecule has 0 saturated carbocycles. The van der Waals surface area contributed by atoms with Crippen LogP contribution in [0.1, 0.15) is 0 Å². The first-order chi connectivity index (χ1) is 12.0. The predicted molar refractivity (Wildman–Crippen MR) is 102 cm³/mol. The Bertz CT molecular complexity index is 978. The number of hydrogen-bond donors (Lipinski definition) is 1. The first kappa shape index (κ1) is 20.6. The first-order valence-corrected chi connectivity index (χ1v) is 10.4. The standard InChI is InChI=1S/C19H17O4PS.Ni/c1-23-16-11-5-6-12-17(16)24(15-9-3-2-4-10-15)18-13-7-8-14-19(18)25(20,21)22;/h2-14H,1H3,(H,20,21,22);. The number of methoxy groups -OCH3 is 1. The van der Waals surface area contributed by atoms with Crippen molar-refractivity contribution in [3.63, 3.8) is 0 Å². The summed E-state index contributed by atoms with van der Waals surface area (Å²) in [5.41, 5.74) is 0. The summed E-state index contributed by atoms with van der Waals surface area (Å²) in [6, 6.07) is 23.7. The molecule has 0 aliphatic heterocycles. The molecule has 4 nitrogen and oxygen atoms in total. The molecule has 3 aromatic carbocycles. The Kier molecular flexibility index (Phi) is 6.96. The topological polar surface area (TPSA) is 63.6 Å². The average Bonchev–Trinajstić information content (AvgIpc) is 2.63. The van der Waals surface area contributed by atoms with E-state index in [9.17, 15) is 13.0 Å². The number of para-hydroxylation sites is 1. The molecule has 0 amide bonds. The zero-order chi connectivity index (χ0) is 17.9. The van der Waals surface area contributed by atoms with Crippen LogP contribution in [0.2, 0.25) is 0 Å². The zero-order valence-corrected chi connectivity index (χ0v) is 16.5. The molecule has 7 heteroatoms. The predicted octanol–water partition coefficient (Wildman–Crippen LogP) is 2.70. The summed E-state index contributed by atoms with van der Waals surface area (Å²) < 4.78 is 39.0. The molecule has 1 atom stereocenters. The fourth-order valence-electron chi connectivity index (χ4n) is 2.66. The van der Waals surface area contributed by atoms with Gasteiger partial charge in [0.2, 0.25) is 0 Å². The van der Waals surface area contributed by atoms with Gasteiger partial charge in [-0.3, -0.25) is 4.55 Å². The van der Waals surface area contributed by atoms with Gasteiger partial charge < -0.3 is 4.74 Å². The van der Waals surface area contributed by atoms with Crippen molar-refractivity contribution in [3.8, 4) is 5.75 Å². The average molecular weight is 431 g/mol. The smallest absolute Gasteiger partial charge is 0.295 e. The van der Waals surface area contributed by atoms with Crippen LogP contribution in [0, 0.1) is 0 Å². The second-order valence-electron chi connectivity index (χ2n) is 5.29. The van der Waals surface area contributed by atoms with Crippen molar-refractivity contribution >= 4 is 34.0 Å². The van der Waals surface area contributed by atoms with E-state index in [4.69, 9.17) is 4.74 Å². The molecule has 0 aliphatic carbocycles. The third-order valence-corrected chi connectivity index (χ3v) is 7.33. The Morgan fingerprint density at radius 3 is 1.96 bits per heavy atom. The quantitative estimate of drug-likeness (QED) is 0.384. The normalized spacial score (nSPS) is 12.1. The fraction of sp³-hybridized carbons (Fsp3) is 0.0526. The van der Waals surface area contributed by atoms with E-state index < -0.39 is 18.0 Å². The van der Waals surface area contributed by atoms with Crippen LogP contribution in [0.5, 0.6) is 5.75 Å². The molecule has 0 saturated heterocycles. The number of benzene rings is 3. The molecule has 0 aliphatic rings. The van der Waals surface area contributed by atoms with Gasteiger partial charge in [0.05, 0.1) is 7.11 Å². The Labute approximate surface area is 164 Å². The van der Waals surface area contributed by atoms with E-state index in [-0.39, 0.29) is 21.4 Å². The van der Waals surface area contributed by atoms with E-state index in [0.717, 1.165) is 10.6 Å². The van der Waals surface area contributed by atoms with Crippen LogP contribution in [-0.4, -0.2) is 20.1 Å². The van der Waals surface area contributed by atoms with Gasteiger partial charge in [0.15, 0.2) is 0 Å². The number of rotatable bonds is 5. The molecule has 0 bridgehead atoms. The van der Waals surface area contributed by atoms with Crippen LogP contribution < -0.4 is 20.7 Å². The van der Waals surface area contributed by atoms with E-state index in [1.807, 2.05) is 54.6 Å². The van der Waals surface area contributed by atoms with Crippen LogP contribution in [0.4, 0.5) is 0 Å². The minimum absolute atomic E-state index is 0. The molecule has 0 aromatic heterocycles. The van der Waals surface area contributed by atoms with Crippen molar-refractivity contribution in [2.24, 2.45) is 0 Å². The third kappa shape index (κ3) is 4.33. The molecule has 3 aromatic rings. The molecule has 0 fully saturated rings. The molecule has 1 N–H and O–H groups in total. The van der Waals surface area contributed by atoms with Crippen LogP contribution in [0.15, 0.2) is 83.8 Å². The number of ether oxygens (including phenoxy) is 1. The third-order valence-electron chi connectivity index (χ3n) is 3.72. The van der Waals surface area contributed by atoms with Crippen LogP contribution in [-0.2, 0) is 26.6 Å². The molecular formula is C19H17NiO4PS. The van der Waals surface area contributed by atoms with Crippen molar-refractivity contribution in [1.82, 2.24) is 0 Å². The molecule has 3 rings (SSSR count). The zero-order valence-electron chi connectivity index (χ0n) is 13.8. The van der Waals surface area contributed by atoms with Crippen molar-refractivity contribution in [2.75, 3.05) is 7.11 Å². The molecule has 26 heavy (non-hydrogen) atoms. The number of hydrogen-bond acceptors (Lipinski definition) is 3. The van der Waals surface area contributed by atoms with Gasteiger partial charge in [-0.25, -0.2) is 0 Å². The molecular weight excluding hydrogens is 414 g/mol. The minimum Gasteiger partial charge on any atom is -0.496 e. The summed E-state index contributed by atoms with van der Waals surface area (Å²) >= 11 is 0. The molecule has 0 radical (unpaired) electrons. The van der Waals surface area contributed by atoms with Crippen molar-refractivity contribution in [1.29, 1.82) is 0 Å². The van der Waals surface area contributed by atoms with Crippen LogP contribution >= 0.6 is 7.92 Å². The van der Waals surface area contributed by atoms with Crippen molar-refractivity contribution in [3.05, 3.63) is 78.9 Å².